The molecule has 1 aromatic carbocycles. The van der Waals surface area contributed by atoms with Gasteiger partial charge in [0, 0.05) is 23.3 Å². The van der Waals surface area contributed by atoms with Gasteiger partial charge >= 0.3 is 0 Å². The van der Waals surface area contributed by atoms with Gasteiger partial charge in [-0.1, -0.05) is 15.9 Å². The molecule has 0 fully saturated rings. The summed E-state index contributed by atoms with van der Waals surface area (Å²) in [5, 5.41) is 2.84. The van der Waals surface area contributed by atoms with Crippen molar-refractivity contribution < 1.29 is 14.3 Å². The predicted molar refractivity (Wildman–Crippen MR) is 86.9 cm³/mol. The molecule has 5 nitrogen and oxygen atoms in total. The van der Waals surface area contributed by atoms with Crippen molar-refractivity contribution in [2.45, 2.75) is 13.0 Å². The van der Waals surface area contributed by atoms with Crippen LogP contribution in [0.5, 0.6) is 11.6 Å². The molecule has 22 heavy (non-hydrogen) atoms. The van der Waals surface area contributed by atoms with E-state index in [1.54, 1.807) is 19.4 Å². The molecule has 1 amide bonds. The summed E-state index contributed by atoms with van der Waals surface area (Å²) in [7, 11) is 1.56. The molecule has 1 N–H and O–H groups in total. The second kappa shape index (κ2) is 8.38. The quantitative estimate of drug-likeness (QED) is 0.820. The SMILES string of the molecule is COc1cc(CNC(=O)CCOc2ccc(Br)cc2)ccn1. The molecular formula is C16H17BrN2O3. The number of amides is 1. The fourth-order valence-corrected chi connectivity index (χ4v) is 2.02. The predicted octanol–water partition coefficient (Wildman–Crippen LogP) is 2.94. The number of hydrogen-bond acceptors (Lipinski definition) is 4. The van der Waals surface area contributed by atoms with Crippen LogP contribution < -0.4 is 14.8 Å². The molecular weight excluding hydrogens is 348 g/mol. The molecule has 0 saturated carbocycles. The van der Waals surface area contributed by atoms with Gasteiger partial charge in [0.2, 0.25) is 11.8 Å². The van der Waals surface area contributed by atoms with Crippen LogP contribution in [-0.4, -0.2) is 24.6 Å². The van der Waals surface area contributed by atoms with E-state index in [0.29, 0.717) is 25.5 Å². The Morgan fingerprint density at radius 2 is 2.05 bits per heavy atom. The van der Waals surface area contributed by atoms with Crippen molar-refractivity contribution >= 4 is 21.8 Å². The number of aromatic nitrogens is 1. The van der Waals surface area contributed by atoms with E-state index in [-0.39, 0.29) is 5.91 Å². The van der Waals surface area contributed by atoms with Gasteiger partial charge in [-0.2, -0.15) is 0 Å². The summed E-state index contributed by atoms with van der Waals surface area (Å²) in [6.45, 7) is 0.781. The maximum absolute atomic E-state index is 11.8. The van der Waals surface area contributed by atoms with E-state index >= 15 is 0 Å². The third kappa shape index (κ3) is 5.37. The molecule has 0 aliphatic carbocycles. The maximum Gasteiger partial charge on any atom is 0.223 e. The molecule has 0 spiro atoms. The van der Waals surface area contributed by atoms with Crippen LogP contribution in [0.15, 0.2) is 47.1 Å². The molecule has 1 heterocycles. The molecule has 0 saturated heterocycles. The first-order valence-corrected chi connectivity index (χ1v) is 7.60. The maximum atomic E-state index is 11.8. The Hall–Kier alpha value is -2.08. The lowest BCUT2D eigenvalue weighted by Gasteiger charge is -2.08. The number of hydrogen-bond donors (Lipinski definition) is 1. The normalized spacial score (nSPS) is 10.1. The number of methoxy groups -OCH3 is 1. The summed E-state index contributed by atoms with van der Waals surface area (Å²) in [4.78, 5) is 15.8. The minimum absolute atomic E-state index is 0.0621. The van der Waals surface area contributed by atoms with Crippen LogP contribution in [0.2, 0.25) is 0 Å². The summed E-state index contributed by atoms with van der Waals surface area (Å²) in [5.74, 6) is 1.22. The van der Waals surface area contributed by atoms with Crippen LogP contribution in [0.25, 0.3) is 0 Å². The van der Waals surface area contributed by atoms with Crippen LogP contribution in [0.4, 0.5) is 0 Å². The van der Waals surface area contributed by atoms with Gasteiger partial charge in [-0.3, -0.25) is 4.79 Å². The highest BCUT2D eigenvalue weighted by atomic mass is 79.9. The Morgan fingerprint density at radius 3 is 2.77 bits per heavy atom. The van der Waals surface area contributed by atoms with Crippen molar-refractivity contribution in [1.29, 1.82) is 0 Å². The van der Waals surface area contributed by atoms with E-state index in [0.717, 1.165) is 15.8 Å². The van der Waals surface area contributed by atoms with Gasteiger partial charge < -0.3 is 14.8 Å². The van der Waals surface area contributed by atoms with Crippen molar-refractivity contribution in [2.75, 3.05) is 13.7 Å². The van der Waals surface area contributed by atoms with Crippen molar-refractivity contribution in [3.63, 3.8) is 0 Å². The average molecular weight is 365 g/mol. The van der Waals surface area contributed by atoms with E-state index in [9.17, 15) is 4.79 Å². The highest BCUT2D eigenvalue weighted by Gasteiger charge is 2.03. The second-order valence-corrected chi connectivity index (χ2v) is 5.45. The zero-order valence-corrected chi connectivity index (χ0v) is 13.8. The molecule has 6 heteroatoms. The molecule has 0 radical (unpaired) electrons. The minimum atomic E-state index is -0.0621. The number of nitrogens with one attached hydrogen (secondary N) is 1. The van der Waals surface area contributed by atoms with Gasteiger partial charge in [-0.15, -0.1) is 0 Å². The molecule has 0 unspecified atom stereocenters. The number of carbonyl (C=O) groups excluding carboxylic acids is 1. The van der Waals surface area contributed by atoms with Gasteiger partial charge in [-0.25, -0.2) is 4.98 Å². The van der Waals surface area contributed by atoms with E-state index in [4.69, 9.17) is 9.47 Å². The Balaban J connectivity index is 1.70. The van der Waals surface area contributed by atoms with E-state index in [1.165, 1.54) is 0 Å². The molecule has 0 aliphatic rings. The number of ether oxygens (including phenoxy) is 2. The number of pyridine rings is 1. The van der Waals surface area contributed by atoms with E-state index in [2.05, 4.69) is 26.2 Å². The average Bonchev–Trinajstić information content (AvgIpc) is 2.55. The monoisotopic (exact) mass is 364 g/mol. The molecule has 0 aliphatic heterocycles. The van der Waals surface area contributed by atoms with Crippen LogP contribution in [0.1, 0.15) is 12.0 Å². The van der Waals surface area contributed by atoms with Gasteiger partial charge in [0.1, 0.15) is 5.75 Å². The fraction of sp³-hybridized carbons (Fsp3) is 0.250. The lowest BCUT2D eigenvalue weighted by molar-refractivity contribution is -0.121. The van der Waals surface area contributed by atoms with Crippen LogP contribution in [0.3, 0.4) is 0 Å². The minimum Gasteiger partial charge on any atom is -0.493 e. The third-order valence-corrected chi connectivity index (χ3v) is 3.44. The fourth-order valence-electron chi connectivity index (χ4n) is 1.75. The van der Waals surface area contributed by atoms with Crippen molar-refractivity contribution in [1.82, 2.24) is 10.3 Å². The lowest BCUT2D eigenvalue weighted by Crippen LogP contribution is -2.24. The first-order chi connectivity index (χ1) is 10.7. The smallest absolute Gasteiger partial charge is 0.223 e. The number of halogens is 1. The number of nitrogens with zero attached hydrogens (tertiary/aromatic N) is 1. The molecule has 2 aromatic rings. The number of carbonyl (C=O) groups is 1. The largest absolute Gasteiger partial charge is 0.493 e. The van der Waals surface area contributed by atoms with Crippen LogP contribution in [-0.2, 0) is 11.3 Å². The summed E-state index contributed by atoms with van der Waals surface area (Å²) in [5.41, 5.74) is 0.939. The highest BCUT2D eigenvalue weighted by Crippen LogP contribution is 2.16. The standard InChI is InChI=1S/C16H17BrN2O3/c1-21-16-10-12(6-8-18-16)11-19-15(20)7-9-22-14-4-2-13(17)3-5-14/h2-6,8,10H,7,9,11H2,1H3,(H,19,20). The zero-order valence-electron chi connectivity index (χ0n) is 12.2. The lowest BCUT2D eigenvalue weighted by atomic mass is 10.2. The third-order valence-electron chi connectivity index (χ3n) is 2.91. The molecule has 116 valence electrons. The van der Waals surface area contributed by atoms with Crippen LogP contribution in [0, 0.1) is 0 Å². The summed E-state index contributed by atoms with van der Waals surface area (Å²) >= 11 is 3.36. The summed E-state index contributed by atoms with van der Waals surface area (Å²) in [6.07, 6.45) is 1.95. The summed E-state index contributed by atoms with van der Waals surface area (Å²) in [6, 6.07) is 11.1. The number of rotatable bonds is 7. The molecule has 0 atom stereocenters. The zero-order chi connectivity index (χ0) is 15.8. The van der Waals surface area contributed by atoms with Gasteiger partial charge in [0.05, 0.1) is 20.1 Å². The van der Waals surface area contributed by atoms with E-state index in [1.807, 2.05) is 30.3 Å². The van der Waals surface area contributed by atoms with Crippen molar-refractivity contribution in [3.05, 3.63) is 52.6 Å². The Bertz CT molecular complexity index is 617. The Labute approximate surface area is 137 Å². The molecule has 1 aromatic heterocycles. The highest BCUT2D eigenvalue weighted by molar-refractivity contribution is 9.10. The molecule has 2 rings (SSSR count). The topological polar surface area (TPSA) is 60.5 Å². The number of benzene rings is 1. The van der Waals surface area contributed by atoms with Gasteiger partial charge in [0.25, 0.3) is 0 Å². The molecule has 0 bridgehead atoms. The first kappa shape index (κ1) is 16.3. The van der Waals surface area contributed by atoms with Crippen molar-refractivity contribution in [3.8, 4) is 11.6 Å². The summed E-state index contributed by atoms with van der Waals surface area (Å²) < 4.78 is 11.5. The van der Waals surface area contributed by atoms with E-state index < -0.39 is 0 Å². The Kier molecular flexibility index (Phi) is 6.21. The second-order valence-electron chi connectivity index (χ2n) is 4.54. The Morgan fingerprint density at radius 1 is 1.27 bits per heavy atom. The van der Waals surface area contributed by atoms with Crippen molar-refractivity contribution in [2.24, 2.45) is 0 Å². The van der Waals surface area contributed by atoms with Crippen LogP contribution >= 0.6 is 15.9 Å². The first-order valence-electron chi connectivity index (χ1n) is 6.81. The van der Waals surface area contributed by atoms with Gasteiger partial charge in [-0.05, 0) is 35.9 Å². The van der Waals surface area contributed by atoms with Gasteiger partial charge in [0.15, 0.2) is 0 Å².